The van der Waals surface area contributed by atoms with E-state index < -0.39 is 17.6 Å². The number of piperidine rings is 1. The Morgan fingerprint density at radius 2 is 1.78 bits per heavy atom. The summed E-state index contributed by atoms with van der Waals surface area (Å²) in [6.45, 7) is 1.45. The molecule has 0 radical (unpaired) electrons. The van der Waals surface area contributed by atoms with E-state index in [4.69, 9.17) is 11.6 Å². The van der Waals surface area contributed by atoms with Crippen LogP contribution in [-0.4, -0.2) is 32.9 Å². The first-order valence-electron chi connectivity index (χ1n) is 13.7. The minimum Gasteiger partial charge on any atom is -0.323 e. The number of fused-ring (bicyclic) bond motifs is 2. The molecule has 1 aromatic heterocycles. The number of hydrogen-bond donors (Lipinski definition) is 2. The van der Waals surface area contributed by atoms with Crippen molar-refractivity contribution in [3.8, 4) is 11.3 Å². The molecule has 2 aromatic carbocycles. The predicted octanol–water partition coefficient (Wildman–Crippen LogP) is 5.59. The van der Waals surface area contributed by atoms with Crippen LogP contribution in [0.2, 0.25) is 5.02 Å². The molecule has 0 unspecified atom stereocenters. The van der Waals surface area contributed by atoms with Crippen LogP contribution in [0.1, 0.15) is 42.5 Å². The Hall–Kier alpha value is -3.50. The van der Waals surface area contributed by atoms with Gasteiger partial charge in [-0.2, -0.15) is 13.2 Å². The summed E-state index contributed by atoms with van der Waals surface area (Å²) in [5.41, 5.74) is 1.93. The Morgan fingerprint density at radius 3 is 2.44 bits per heavy atom. The van der Waals surface area contributed by atoms with Gasteiger partial charge in [-0.3, -0.25) is 19.0 Å². The van der Waals surface area contributed by atoms with Crippen LogP contribution in [0.5, 0.6) is 0 Å². The number of benzene rings is 2. The Bertz CT molecular complexity index is 1570. The van der Waals surface area contributed by atoms with Gasteiger partial charge in [-0.25, -0.2) is 0 Å². The van der Waals surface area contributed by atoms with E-state index in [1.807, 2.05) is 46.7 Å². The molecule has 0 bridgehead atoms. The van der Waals surface area contributed by atoms with Gasteiger partial charge in [0.15, 0.2) is 0 Å². The highest BCUT2D eigenvalue weighted by atomic mass is 35.5. The van der Waals surface area contributed by atoms with Gasteiger partial charge in [0, 0.05) is 42.5 Å². The van der Waals surface area contributed by atoms with Crippen molar-refractivity contribution in [1.29, 1.82) is 0 Å². The van der Waals surface area contributed by atoms with Crippen molar-refractivity contribution in [2.45, 2.75) is 50.2 Å². The van der Waals surface area contributed by atoms with Crippen LogP contribution in [0.25, 0.3) is 11.3 Å². The molecule has 2 aliphatic rings. The van der Waals surface area contributed by atoms with E-state index in [1.54, 1.807) is 17.8 Å². The third-order valence-electron chi connectivity index (χ3n) is 8.25. The number of aryl methyl sites for hydroxylation is 1. The first-order valence-corrected chi connectivity index (χ1v) is 14.0. The van der Waals surface area contributed by atoms with Gasteiger partial charge in [-0.05, 0) is 63.4 Å². The molecule has 41 heavy (non-hydrogen) atoms. The van der Waals surface area contributed by atoms with Gasteiger partial charge in [0.25, 0.3) is 5.56 Å². The zero-order chi connectivity index (χ0) is 29.4. The fourth-order valence-electron chi connectivity index (χ4n) is 6.17. The first-order chi connectivity index (χ1) is 19.5. The van der Waals surface area contributed by atoms with Gasteiger partial charge in [-0.1, -0.05) is 41.9 Å². The number of amides is 1. The summed E-state index contributed by atoms with van der Waals surface area (Å²) in [6.07, 6.45) is 1.28. The number of nitrogens with one attached hydrogen (secondary N) is 2. The van der Waals surface area contributed by atoms with Crippen molar-refractivity contribution >= 4 is 23.2 Å². The smallest absolute Gasteiger partial charge is 0.323 e. The van der Waals surface area contributed by atoms with Crippen LogP contribution in [0.4, 0.5) is 18.9 Å². The van der Waals surface area contributed by atoms with Gasteiger partial charge in [0.05, 0.1) is 22.0 Å². The molecule has 1 amide bonds. The zero-order valence-corrected chi connectivity index (χ0v) is 23.8. The molecular weight excluding hydrogens is 555 g/mol. The second-order valence-corrected chi connectivity index (χ2v) is 11.2. The van der Waals surface area contributed by atoms with Crippen LogP contribution in [0.15, 0.2) is 59.5 Å². The van der Waals surface area contributed by atoms with Gasteiger partial charge in [0.1, 0.15) is 6.54 Å². The standard InChI is InChI=1S/C30H33ClF3N5O2/c1-37-18-25(20-7-4-3-5-8-20)38(2)39(19-26(40)36-23-11-10-21(17-22(23)31)30(32,33)34)24-9-6-12-29(27(24)28(37)41)13-15-35-16-14-29/h3-5,7-8,10-11,17-18,35H,6,9,12-16,19H2,1-2H3,(H,36,40). The Labute approximate surface area is 241 Å². The van der Waals surface area contributed by atoms with Crippen molar-refractivity contribution in [2.24, 2.45) is 14.1 Å². The monoisotopic (exact) mass is 587 g/mol. The number of halogens is 4. The minimum atomic E-state index is -4.55. The van der Waals surface area contributed by atoms with Gasteiger partial charge in [-0.15, -0.1) is 0 Å². The van der Waals surface area contributed by atoms with E-state index in [0.717, 1.165) is 79.5 Å². The molecule has 11 heteroatoms. The highest BCUT2D eigenvalue weighted by molar-refractivity contribution is 6.33. The third kappa shape index (κ3) is 5.81. The second kappa shape index (κ2) is 11.4. The number of hydrogen-bond acceptors (Lipinski definition) is 3. The minimum absolute atomic E-state index is 0.0840. The molecule has 1 fully saturated rings. The van der Waals surface area contributed by atoms with Crippen molar-refractivity contribution in [1.82, 2.24) is 19.2 Å². The molecule has 7 nitrogen and oxygen atoms in total. The van der Waals surface area contributed by atoms with Crippen molar-refractivity contribution in [2.75, 3.05) is 18.4 Å². The Kier molecular flexibility index (Phi) is 8.07. The number of carbonyl (C=O) groups excluding carboxylic acids is 1. The summed E-state index contributed by atoms with van der Waals surface area (Å²) in [5.74, 6) is -0.468. The molecule has 5 rings (SSSR count). The molecule has 3 aromatic rings. The predicted molar refractivity (Wildman–Crippen MR) is 154 cm³/mol. The fourth-order valence-corrected chi connectivity index (χ4v) is 6.40. The van der Waals surface area contributed by atoms with E-state index >= 15 is 0 Å². The Morgan fingerprint density at radius 1 is 1.07 bits per heavy atom. The number of alkyl halides is 3. The topological polar surface area (TPSA) is 73.0 Å². The van der Waals surface area contributed by atoms with Gasteiger partial charge in [0.2, 0.25) is 5.91 Å². The van der Waals surface area contributed by atoms with Crippen molar-refractivity contribution in [3.63, 3.8) is 0 Å². The molecular formula is C30H33ClF3N5O2. The first kappa shape index (κ1) is 29.0. The maximum absolute atomic E-state index is 14.1. The number of rotatable bonds is 4. The Balaban J connectivity index is 1.66. The van der Waals surface area contributed by atoms with E-state index in [0.29, 0.717) is 6.42 Å². The molecule has 1 spiro atoms. The maximum Gasteiger partial charge on any atom is 0.416 e. The number of nitrogens with zero attached hydrogens (tertiary/aromatic N) is 3. The SMILES string of the molecule is Cn1cc(-c2ccccc2)n(C)n(CC(=O)Nc2ccc(C(F)(F)F)cc2Cl)c2c(c1=O)C1(CCC2)CCNCC1. The third-order valence-corrected chi connectivity index (χ3v) is 8.57. The summed E-state index contributed by atoms with van der Waals surface area (Å²) in [6, 6.07) is 12.4. The van der Waals surface area contributed by atoms with Crippen molar-refractivity contribution in [3.05, 3.63) is 86.9 Å². The van der Waals surface area contributed by atoms with Crippen LogP contribution >= 0.6 is 11.6 Å². The molecule has 1 aliphatic heterocycles. The lowest BCUT2D eigenvalue weighted by Crippen LogP contribution is -2.47. The molecule has 218 valence electrons. The van der Waals surface area contributed by atoms with E-state index in [9.17, 15) is 22.8 Å². The molecule has 1 aliphatic carbocycles. The van der Waals surface area contributed by atoms with Gasteiger partial charge < -0.3 is 15.2 Å². The summed E-state index contributed by atoms with van der Waals surface area (Å²) < 4.78 is 44.8. The van der Waals surface area contributed by atoms with E-state index in [-0.39, 0.29) is 28.2 Å². The number of anilines is 1. The second-order valence-electron chi connectivity index (χ2n) is 10.8. The van der Waals surface area contributed by atoms with Crippen LogP contribution in [0.3, 0.4) is 0 Å². The zero-order valence-electron chi connectivity index (χ0n) is 23.0. The van der Waals surface area contributed by atoms with E-state index in [1.165, 1.54) is 0 Å². The summed E-state index contributed by atoms with van der Waals surface area (Å²) in [5, 5.41) is 5.88. The normalized spacial score (nSPS) is 16.2. The highest BCUT2D eigenvalue weighted by Crippen LogP contribution is 2.42. The van der Waals surface area contributed by atoms with Crippen LogP contribution < -0.4 is 16.2 Å². The number of carbonyl (C=O) groups is 1. The summed E-state index contributed by atoms with van der Waals surface area (Å²) in [4.78, 5) is 27.6. The quantitative estimate of drug-likeness (QED) is 0.418. The lowest BCUT2D eigenvalue weighted by molar-refractivity contribution is -0.137. The van der Waals surface area contributed by atoms with Crippen molar-refractivity contribution < 1.29 is 18.0 Å². The van der Waals surface area contributed by atoms with E-state index in [2.05, 4.69) is 10.6 Å². The van der Waals surface area contributed by atoms with Crippen LogP contribution in [0, 0.1) is 0 Å². The highest BCUT2D eigenvalue weighted by Gasteiger charge is 2.41. The fraction of sp³-hybridized carbons (Fsp3) is 0.400. The largest absolute Gasteiger partial charge is 0.416 e. The van der Waals surface area contributed by atoms with Crippen LogP contribution in [-0.2, 0) is 43.4 Å². The maximum atomic E-state index is 14.1. The molecule has 0 atom stereocenters. The summed E-state index contributed by atoms with van der Waals surface area (Å²) in [7, 11) is 3.62. The summed E-state index contributed by atoms with van der Waals surface area (Å²) >= 11 is 6.13. The van der Waals surface area contributed by atoms with Gasteiger partial charge >= 0.3 is 6.18 Å². The molecule has 2 heterocycles. The lowest BCUT2D eigenvalue weighted by Gasteiger charge is -2.42. The average molecular weight is 588 g/mol. The molecule has 0 saturated carbocycles. The number of aromatic nitrogens is 3. The molecule has 2 N–H and O–H groups in total. The average Bonchev–Trinajstić information content (AvgIpc) is 2.94. The lowest BCUT2D eigenvalue weighted by atomic mass is 9.66. The molecule has 1 saturated heterocycles.